The Labute approximate surface area is 170 Å². The normalized spacial score (nSPS) is 12.5. The van der Waals surface area contributed by atoms with Gasteiger partial charge in [0.2, 0.25) is 11.8 Å². The predicted molar refractivity (Wildman–Crippen MR) is 109 cm³/mol. The number of amides is 2. The van der Waals surface area contributed by atoms with Crippen molar-refractivity contribution in [1.29, 1.82) is 0 Å². The van der Waals surface area contributed by atoms with Crippen molar-refractivity contribution in [2.75, 3.05) is 11.9 Å². The number of carbonyl (C=O) groups is 3. The number of anilines is 1. The summed E-state index contributed by atoms with van der Waals surface area (Å²) in [6, 6.07) is 14.6. The zero-order chi connectivity index (χ0) is 21.2. The number of carbonyl (C=O) groups excluding carboxylic acids is 3. The van der Waals surface area contributed by atoms with Gasteiger partial charge in [0.05, 0.1) is 6.61 Å². The van der Waals surface area contributed by atoms with Gasteiger partial charge in [0.25, 0.3) is 0 Å². The molecule has 0 aromatic heterocycles. The molecule has 2 amide bonds. The highest BCUT2D eigenvalue weighted by Crippen LogP contribution is 2.18. The van der Waals surface area contributed by atoms with Crippen molar-refractivity contribution in [3.63, 3.8) is 0 Å². The lowest BCUT2D eigenvalue weighted by atomic mass is 10.0. The molecular weight excluding hydrogens is 372 g/mol. The second kappa shape index (κ2) is 11.0. The number of benzene rings is 2. The average molecular weight is 398 g/mol. The van der Waals surface area contributed by atoms with Crippen molar-refractivity contribution in [3.8, 4) is 0 Å². The third kappa shape index (κ3) is 7.04. The average Bonchev–Trinajstić information content (AvgIpc) is 2.72. The molecule has 0 aliphatic heterocycles. The molecule has 0 aliphatic carbocycles. The lowest BCUT2D eigenvalue weighted by Crippen LogP contribution is -2.46. The molecule has 0 saturated carbocycles. The zero-order valence-corrected chi connectivity index (χ0v) is 16.6. The van der Waals surface area contributed by atoms with Crippen LogP contribution in [0.25, 0.3) is 0 Å². The number of aliphatic hydroxyl groups excluding tert-OH is 1. The first-order valence-electron chi connectivity index (χ1n) is 9.46. The van der Waals surface area contributed by atoms with Crippen LogP contribution in [0.1, 0.15) is 37.0 Å². The van der Waals surface area contributed by atoms with Gasteiger partial charge >= 0.3 is 5.97 Å². The van der Waals surface area contributed by atoms with Gasteiger partial charge in [-0.25, -0.2) is 4.79 Å². The molecule has 2 aromatic rings. The summed E-state index contributed by atoms with van der Waals surface area (Å²) in [6.07, 6.45) is -1.45. The molecule has 0 bridgehead atoms. The Hall–Kier alpha value is -3.19. The maximum atomic E-state index is 12.3. The van der Waals surface area contributed by atoms with Gasteiger partial charge in [-0.2, -0.15) is 0 Å². The van der Waals surface area contributed by atoms with Gasteiger partial charge in [-0.15, -0.1) is 0 Å². The molecule has 2 unspecified atom stereocenters. The summed E-state index contributed by atoms with van der Waals surface area (Å²) in [6.45, 7) is 3.70. The monoisotopic (exact) mass is 398 g/mol. The highest BCUT2D eigenvalue weighted by Gasteiger charge is 2.31. The summed E-state index contributed by atoms with van der Waals surface area (Å²) in [5, 5.41) is 15.7. The minimum absolute atomic E-state index is 0.0588. The Balaban J connectivity index is 1.93. The lowest BCUT2D eigenvalue weighted by molar-refractivity contribution is -0.151. The van der Waals surface area contributed by atoms with E-state index in [1.54, 1.807) is 49.4 Å². The van der Waals surface area contributed by atoms with Crippen molar-refractivity contribution >= 4 is 23.5 Å². The van der Waals surface area contributed by atoms with Crippen LogP contribution in [0.3, 0.4) is 0 Å². The third-order valence-corrected chi connectivity index (χ3v) is 4.23. The van der Waals surface area contributed by atoms with Gasteiger partial charge in [-0.1, -0.05) is 48.0 Å². The Morgan fingerprint density at radius 3 is 2.21 bits per heavy atom. The van der Waals surface area contributed by atoms with E-state index >= 15 is 0 Å². The molecule has 0 spiro atoms. The molecule has 2 aromatic carbocycles. The summed E-state index contributed by atoms with van der Waals surface area (Å²) < 4.78 is 4.97. The van der Waals surface area contributed by atoms with Crippen molar-refractivity contribution < 1.29 is 24.2 Å². The molecule has 7 nitrogen and oxygen atoms in total. The van der Waals surface area contributed by atoms with E-state index in [0.29, 0.717) is 11.3 Å². The second-order valence-corrected chi connectivity index (χ2v) is 6.57. The zero-order valence-electron chi connectivity index (χ0n) is 16.6. The maximum absolute atomic E-state index is 12.3. The van der Waals surface area contributed by atoms with Crippen molar-refractivity contribution in [2.24, 2.45) is 0 Å². The molecule has 0 fully saturated rings. The van der Waals surface area contributed by atoms with E-state index in [2.05, 4.69) is 10.6 Å². The Morgan fingerprint density at radius 2 is 1.59 bits per heavy atom. The van der Waals surface area contributed by atoms with E-state index in [-0.39, 0.29) is 25.4 Å². The number of aryl methyl sites for hydroxylation is 1. The van der Waals surface area contributed by atoms with Gasteiger partial charge in [-0.05, 0) is 31.5 Å². The topological polar surface area (TPSA) is 105 Å². The molecule has 2 rings (SSSR count). The van der Waals surface area contributed by atoms with Crippen LogP contribution in [-0.4, -0.2) is 35.5 Å². The number of rotatable bonds is 9. The van der Waals surface area contributed by atoms with E-state index < -0.39 is 24.0 Å². The first-order chi connectivity index (χ1) is 13.9. The van der Waals surface area contributed by atoms with E-state index in [1.807, 2.05) is 19.1 Å². The largest absolute Gasteiger partial charge is 0.464 e. The Morgan fingerprint density at radius 1 is 0.966 bits per heavy atom. The molecule has 0 aliphatic rings. The standard InChI is InChI=1S/C22H26N2O5/c1-3-29-22(28)20(21(27)16-7-5-4-6-8-16)24-19(26)14-13-18(25)23-17-11-9-15(2)10-12-17/h4-12,20-21,27H,3,13-14H2,1-2H3,(H,23,25)(H,24,26). The first kappa shape index (κ1) is 22.1. The van der Waals surface area contributed by atoms with Crippen LogP contribution in [-0.2, 0) is 19.1 Å². The van der Waals surface area contributed by atoms with Crippen LogP contribution >= 0.6 is 0 Å². The Bertz CT molecular complexity index is 821. The fraction of sp³-hybridized carbons (Fsp3) is 0.318. The first-order valence-corrected chi connectivity index (χ1v) is 9.46. The van der Waals surface area contributed by atoms with Crippen molar-refractivity contribution in [1.82, 2.24) is 5.32 Å². The number of aliphatic hydroxyl groups is 1. The van der Waals surface area contributed by atoms with Gasteiger partial charge in [0.1, 0.15) is 6.10 Å². The van der Waals surface area contributed by atoms with Gasteiger partial charge in [-0.3, -0.25) is 9.59 Å². The number of hydrogen-bond acceptors (Lipinski definition) is 5. The van der Waals surface area contributed by atoms with Crippen LogP contribution in [0, 0.1) is 6.92 Å². The summed E-state index contributed by atoms with van der Waals surface area (Å²) in [5.74, 6) is -1.58. The number of hydrogen-bond donors (Lipinski definition) is 3. The fourth-order valence-electron chi connectivity index (χ4n) is 2.67. The molecule has 0 saturated heterocycles. The van der Waals surface area contributed by atoms with E-state index in [9.17, 15) is 19.5 Å². The minimum atomic E-state index is -1.26. The second-order valence-electron chi connectivity index (χ2n) is 6.57. The van der Waals surface area contributed by atoms with Crippen molar-refractivity contribution in [3.05, 3.63) is 65.7 Å². The van der Waals surface area contributed by atoms with Gasteiger partial charge < -0.3 is 20.5 Å². The fourth-order valence-corrected chi connectivity index (χ4v) is 2.67. The number of ether oxygens (including phenoxy) is 1. The van der Waals surface area contributed by atoms with E-state index in [4.69, 9.17) is 4.74 Å². The van der Waals surface area contributed by atoms with Crippen LogP contribution in [0.5, 0.6) is 0 Å². The van der Waals surface area contributed by atoms with Crippen molar-refractivity contribution in [2.45, 2.75) is 38.8 Å². The number of nitrogens with one attached hydrogen (secondary N) is 2. The van der Waals surface area contributed by atoms with Crippen LogP contribution in [0.2, 0.25) is 0 Å². The molecule has 0 radical (unpaired) electrons. The third-order valence-electron chi connectivity index (χ3n) is 4.23. The van der Waals surface area contributed by atoms with Crippen LogP contribution < -0.4 is 10.6 Å². The van der Waals surface area contributed by atoms with E-state index in [1.165, 1.54) is 0 Å². The molecule has 154 valence electrons. The smallest absolute Gasteiger partial charge is 0.331 e. The van der Waals surface area contributed by atoms with Crippen LogP contribution in [0.15, 0.2) is 54.6 Å². The highest BCUT2D eigenvalue weighted by molar-refractivity contribution is 5.94. The molecule has 7 heteroatoms. The SMILES string of the molecule is CCOC(=O)C(NC(=O)CCC(=O)Nc1ccc(C)cc1)C(O)c1ccccc1. The number of esters is 1. The molecular formula is C22H26N2O5. The van der Waals surface area contributed by atoms with E-state index in [0.717, 1.165) is 5.56 Å². The van der Waals surface area contributed by atoms with Crippen LogP contribution in [0.4, 0.5) is 5.69 Å². The summed E-state index contributed by atoms with van der Waals surface area (Å²) in [4.78, 5) is 36.6. The molecule has 3 N–H and O–H groups in total. The minimum Gasteiger partial charge on any atom is -0.464 e. The molecule has 29 heavy (non-hydrogen) atoms. The van der Waals surface area contributed by atoms with Gasteiger partial charge in [0.15, 0.2) is 6.04 Å². The lowest BCUT2D eigenvalue weighted by Gasteiger charge is -2.22. The predicted octanol–water partition coefficient (Wildman–Crippen LogP) is 2.50. The van der Waals surface area contributed by atoms with Gasteiger partial charge in [0, 0.05) is 18.5 Å². The summed E-state index contributed by atoms with van der Waals surface area (Å²) >= 11 is 0. The summed E-state index contributed by atoms with van der Waals surface area (Å²) in [5.41, 5.74) is 2.19. The molecule has 2 atom stereocenters. The maximum Gasteiger partial charge on any atom is 0.331 e. The highest BCUT2D eigenvalue weighted by atomic mass is 16.5. The summed E-state index contributed by atoms with van der Waals surface area (Å²) in [7, 11) is 0. The Kier molecular flexibility index (Phi) is 8.36. The molecule has 0 heterocycles. The quantitative estimate of drug-likeness (QED) is 0.563.